The molecule has 0 saturated heterocycles. The van der Waals surface area contributed by atoms with Crippen LogP contribution in [0.25, 0.3) is 21.2 Å². The number of rotatable bonds is 4. The van der Waals surface area contributed by atoms with Crippen molar-refractivity contribution in [3.63, 3.8) is 0 Å². The lowest BCUT2D eigenvalue weighted by molar-refractivity contribution is 0.486. The summed E-state index contributed by atoms with van der Waals surface area (Å²) in [7, 11) is 0. The minimum absolute atomic E-state index is 0. The Morgan fingerprint density at radius 2 is 1.59 bits per heavy atom. The van der Waals surface area contributed by atoms with Gasteiger partial charge in [0.1, 0.15) is 5.75 Å². The van der Waals surface area contributed by atoms with Crippen LogP contribution in [-0.4, -0.2) is 4.98 Å². The van der Waals surface area contributed by atoms with Crippen molar-refractivity contribution in [2.75, 3.05) is 0 Å². The Morgan fingerprint density at radius 1 is 0.926 bits per heavy atom. The van der Waals surface area contributed by atoms with E-state index in [0.29, 0.717) is 6.54 Å². The van der Waals surface area contributed by atoms with Crippen LogP contribution < -0.4 is 10.5 Å². The van der Waals surface area contributed by atoms with E-state index in [9.17, 15) is 0 Å². The van der Waals surface area contributed by atoms with E-state index in [4.69, 9.17) is 10.5 Å². The molecule has 4 rings (SSSR count). The SMILES string of the molecule is C.CC.NCc1cc2c(Oc3ccc(-c4ccccc4)cc3)cncc2s1. The van der Waals surface area contributed by atoms with Gasteiger partial charge in [0.2, 0.25) is 0 Å². The van der Waals surface area contributed by atoms with Crippen LogP contribution in [0.15, 0.2) is 73.1 Å². The molecule has 2 aromatic heterocycles. The highest BCUT2D eigenvalue weighted by molar-refractivity contribution is 7.19. The lowest BCUT2D eigenvalue weighted by Crippen LogP contribution is -1.91. The number of hydrogen-bond acceptors (Lipinski definition) is 4. The van der Waals surface area contributed by atoms with Crippen LogP contribution in [-0.2, 0) is 6.54 Å². The summed E-state index contributed by atoms with van der Waals surface area (Å²) in [5.41, 5.74) is 8.10. The van der Waals surface area contributed by atoms with E-state index < -0.39 is 0 Å². The molecule has 0 saturated carbocycles. The second-order valence-electron chi connectivity index (χ2n) is 5.46. The number of pyridine rings is 1. The topological polar surface area (TPSA) is 48.1 Å². The first kappa shape index (κ1) is 20.6. The van der Waals surface area contributed by atoms with Crippen molar-refractivity contribution < 1.29 is 4.74 Å². The molecule has 0 aliphatic heterocycles. The molecule has 3 nitrogen and oxygen atoms in total. The summed E-state index contributed by atoms with van der Waals surface area (Å²) < 4.78 is 7.14. The first-order chi connectivity index (χ1) is 12.8. The number of fused-ring (bicyclic) bond motifs is 1. The largest absolute Gasteiger partial charge is 0.455 e. The minimum Gasteiger partial charge on any atom is -0.455 e. The summed E-state index contributed by atoms with van der Waals surface area (Å²) in [4.78, 5) is 5.39. The van der Waals surface area contributed by atoms with Gasteiger partial charge in [-0.25, -0.2) is 0 Å². The Hall–Kier alpha value is -2.69. The molecule has 0 amide bonds. The molecule has 4 heteroatoms. The molecule has 0 fully saturated rings. The average molecular weight is 379 g/mol. The van der Waals surface area contributed by atoms with E-state index in [-0.39, 0.29) is 7.43 Å². The van der Waals surface area contributed by atoms with Crippen molar-refractivity contribution in [2.45, 2.75) is 27.8 Å². The molecule has 4 aromatic rings. The van der Waals surface area contributed by atoms with Crippen molar-refractivity contribution in [2.24, 2.45) is 5.73 Å². The number of ether oxygens (including phenoxy) is 1. The molecule has 0 unspecified atom stereocenters. The fourth-order valence-corrected chi connectivity index (χ4v) is 3.57. The van der Waals surface area contributed by atoms with Gasteiger partial charge >= 0.3 is 0 Å². The Bertz CT molecular complexity index is 963. The second-order valence-corrected chi connectivity index (χ2v) is 6.63. The van der Waals surface area contributed by atoms with Crippen molar-refractivity contribution >= 4 is 21.4 Å². The van der Waals surface area contributed by atoms with E-state index in [0.717, 1.165) is 26.5 Å². The van der Waals surface area contributed by atoms with Crippen LogP contribution in [0, 0.1) is 0 Å². The van der Waals surface area contributed by atoms with Crippen molar-refractivity contribution in [1.82, 2.24) is 4.98 Å². The molecule has 2 aromatic carbocycles. The second kappa shape index (κ2) is 9.86. The Kier molecular flexibility index (Phi) is 7.53. The van der Waals surface area contributed by atoms with Crippen molar-refractivity contribution in [3.8, 4) is 22.6 Å². The summed E-state index contributed by atoms with van der Waals surface area (Å²) >= 11 is 1.65. The van der Waals surface area contributed by atoms with E-state index in [1.54, 1.807) is 17.5 Å². The predicted octanol–water partition coefficient (Wildman–Crippen LogP) is 6.88. The average Bonchev–Trinajstić information content (AvgIpc) is 3.15. The normalized spacial score (nSPS) is 9.89. The van der Waals surface area contributed by atoms with Crippen molar-refractivity contribution in [1.29, 1.82) is 0 Å². The van der Waals surface area contributed by atoms with Crippen LogP contribution in [0.2, 0.25) is 0 Å². The number of hydrogen-bond donors (Lipinski definition) is 1. The molecule has 2 heterocycles. The van der Waals surface area contributed by atoms with Gasteiger partial charge in [0.25, 0.3) is 0 Å². The van der Waals surface area contributed by atoms with E-state index in [1.807, 2.05) is 50.4 Å². The van der Waals surface area contributed by atoms with Gasteiger partial charge in [-0.3, -0.25) is 4.98 Å². The predicted molar refractivity (Wildman–Crippen MR) is 118 cm³/mol. The summed E-state index contributed by atoms with van der Waals surface area (Å²) in [6, 6.07) is 20.5. The first-order valence-corrected chi connectivity index (χ1v) is 9.55. The zero-order valence-corrected chi connectivity index (χ0v) is 15.8. The fraction of sp³-hybridized carbons (Fsp3) is 0.174. The quantitative estimate of drug-likeness (QED) is 0.421. The summed E-state index contributed by atoms with van der Waals surface area (Å²) in [5.74, 6) is 1.56. The number of nitrogens with two attached hydrogens (primary N) is 1. The monoisotopic (exact) mass is 378 g/mol. The maximum Gasteiger partial charge on any atom is 0.154 e. The van der Waals surface area contributed by atoms with Gasteiger partial charge in [-0.1, -0.05) is 63.7 Å². The van der Waals surface area contributed by atoms with Crippen LogP contribution >= 0.6 is 11.3 Å². The molecule has 0 aliphatic rings. The van der Waals surface area contributed by atoms with Gasteiger partial charge in [0.15, 0.2) is 5.75 Å². The van der Waals surface area contributed by atoms with Gasteiger partial charge in [0.05, 0.1) is 10.9 Å². The molecule has 0 atom stereocenters. The standard InChI is InChI=1S/C20H16N2OS.C2H6.CH4/c21-11-17-10-18-19(12-22-13-20(18)24-17)23-16-8-6-15(7-9-16)14-4-2-1-3-5-14;1-2;/h1-10,12-13H,11,21H2;1-2H3;1H4. The molecule has 140 valence electrons. The lowest BCUT2D eigenvalue weighted by Gasteiger charge is -2.08. The van der Waals surface area contributed by atoms with Gasteiger partial charge < -0.3 is 10.5 Å². The third-order valence-electron chi connectivity index (χ3n) is 3.85. The van der Waals surface area contributed by atoms with Gasteiger partial charge in [-0.05, 0) is 29.3 Å². The van der Waals surface area contributed by atoms with E-state index in [1.165, 1.54) is 11.1 Å². The van der Waals surface area contributed by atoms with Crippen molar-refractivity contribution in [3.05, 3.63) is 77.9 Å². The molecule has 0 bridgehead atoms. The summed E-state index contributed by atoms with van der Waals surface area (Å²) in [6.45, 7) is 4.53. The molecular weight excluding hydrogens is 352 g/mol. The van der Waals surface area contributed by atoms with Gasteiger partial charge in [-0.15, -0.1) is 11.3 Å². The molecule has 2 N–H and O–H groups in total. The zero-order chi connectivity index (χ0) is 18.4. The van der Waals surface area contributed by atoms with E-state index >= 15 is 0 Å². The fourth-order valence-electron chi connectivity index (χ4n) is 2.64. The first-order valence-electron chi connectivity index (χ1n) is 8.73. The van der Waals surface area contributed by atoms with E-state index in [2.05, 4.69) is 35.3 Å². The number of thiophene rings is 1. The highest BCUT2D eigenvalue weighted by Crippen LogP contribution is 2.34. The summed E-state index contributed by atoms with van der Waals surface area (Å²) in [5, 5.41) is 1.06. The molecule has 27 heavy (non-hydrogen) atoms. The maximum absolute atomic E-state index is 6.04. The smallest absolute Gasteiger partial charge is 0.154 e. The third-order valence-corrected chi connectivity index (χ3v) is 4.94. The number of aromatic nitrogens is 1. The highest BCUT2D eigenvalue weighted by atomic mass is 32.1. The Balaban J connectivity index is 0.000000844. The number of nitrogens with zero attached hydrogens (tertiary/aromatic N) is 1. The highest BCUT2D eigenvalue weighted by Gasteiger charge is 2.08. The summed E-state index contributed by atoms with van der Waals surface area (Å²) in [6.07, 6.45) is 3.60. The molecule has 0 spiro atoms. The molecule has 0 aliphatic carbocycles. The van der Waals surface area contributed by atoms with Crippen LogP contribution in [0.1, 0.15) is 26.2 Å². The minimum atomic E-state index is 0. The zero-order valence-electron chi connectivity index (χ0n) is 15.0. The Morgan fingerprint density at radius 3 is 2.26 bits per heavy atom. The number of benzene rings is 2. The molecule has 0 radical (unpaired) electrons. The van der Waals surface area contributed by atoms with Crippen LogP contribution in [0.5, 0.6) is 11.5 Å². The third kappa shape index (κ3) is 4.73. The van der Waals surface area contributed by atoms with Crippen LogP contribution in [0.4, 0.5) is 0 Å². The molecular formula is C23H26N2OS. The Labute approximate surface area is 165 Å². The van der Waals surface area contributed by atoms with Crippen LogP contribution in [0.3, 0.4) is 0 Å². The van der Waals surface area contributed by atoms with Gasteiger partial charge in [-0.2, -0.15) is 0 Å². The maximum atomic E-state index is 6.04. The van der Waals surface area contributed by atoms with Gasteiger partial charge in [0, 0.05) is 23.0 Å². The lowest BCUT2D eigenvalue weighted by atomic mass is 10.1.